The molecule has 2 heterocycles. The summed E-state index contributed by atoms with van der Waals surface area (Å²) in [4.78, 5) is 16.3. The van der Waals surface area contributed by atoms with Gasteiger partial charge in [0.25, 0.3) is 5.91 Å². The molecule has 0 aliphatic carbocycles. The predicted octanol–water partition coefficient (Wildman–Crippen LogP) is 2.10. The standard InChI is InChI=1S/C17H19N3O2/c1-18-16-9-14(6-7-19-16)17(21)20-10-12-8-13-4-2-3-5-15(13)22-11-12/h2-7,9,12H,8,10-11H2,1H3,(H,18,19)(H,20,21). The van der Waals surface area contributed by atoms with Crippen LogP contribution in [0.1, 0.15) is 15.9 Å². The number of ether oxygens (including phenoxy) is 1. The fraction of sp³-hybridized carbons (Fsp3) is 0.294. The van der Waals surface area contributed by atoms with Crippen molar-refractivity contribution in [3.8, 4) is 5.75 Å². The lowest BCUT2D eigenvalue weighted by Gasteiger charge is -2.25. The average Bonchev–Trinajstić information content (AvgIpc) is 2.59. The van der Waals surface area contributed by atoms with Crippen molar-refractivity contribution in [1.82, 2.24) is 10.3 Å². The number of rotatable bonds is 4. The predicted molar refractivity (Wildman–Crippen MR) is 85.2 cm³/mol. The molecule has 0 bridgehead atoms. The number of anilines is 1. The Bertz CT molecular complexity index is 672. The van der Waals surface area contributed by atoms with Crippen LogP contribution in [-0.4, -0.2) is 31.1 Å². The summed E-state index contributed by atoms with van der Waals surface area (Å²) < 4.78 is 5.74. The summed E-state index contributed by atoms with van der Waals surface area (Å²) in [5.41, 5.74) is 1.81. The van der Waals surface area contributed by atoms with E-state index in [1.807, 2.05) is 18.2 Å². The van der Waals surface area contributed by atoms with Gasteiger partial charge in [-0.2, -0.15) is 0 Å². The number of para-hydroxylation sites is 1. The minimum Gasteiger partial charge on any atom is -0.493 e. The average molecular weight is 297 g/mol. The van der Waals surface area contributed by atoms with Gasteiger partial charge in [0, 0.05) is 31.3 Å². The maximum Gasteiger partial charge on any atom is 0.251 e. The Balaban J connectivity index is 1.58. The third-order valence-corrected chi connectivity index (χ3v) is 3.79. The second-order valence-electron chi connectivity index (χ2n) is 5.38. The first-order valence-corrected chi connectivity index (χ1v) is 7.39. The molecule has 1 aromatic carbocycles. The van der Waals surface area contributed by atoms with Crippen LogP contribution in [0, 0.1) is 5.92 Å². The molecule has 5 heteroatoms. The molecule has 0 spiro atoms. The second-order valence-corrected chi connectivity index (χ2v) is 5.38. The quantitative estimate of drug-likeness (QED) is 0.907. The van der Waals surface area contributed by atoms with Crippen LogP contribution >= 0.6 is 0 Å². The van der Waals surface area contributed by atoms with Gasteiger partial charge in [0.2, 0.25) is 0 Å². The van der Waals surface area contributed by atoms with Crippen LogP contribution < -0.4 is 15.4 Å². The molecule has 0 saturated carbocycles. The number of hydrogen-bond acceptors (Lipinski definition) is 4. The molecule has 3 rings (SSSR count). The molecule has 2 aromatic rings. The molecule has 1 unspecified atom stereocenters. The molecule has 2 N–H and O–H groups in total. The number of carbonyl (C=O) groups is 1. The highest BCUT2D eigenvalue weighted by atomic mass is 16.5. The molecular formula is C17H19N3O2. The highest BCUT2D eigenvalue weighted by Crippen LogP contribution is 2.26. The summed E-state index contributed by atoms with van der Waals surface area (Å²) in [6, 6.07) is 11.5. The van der Waals surface area contributed by atoms with Gasteiger partial charge in [0.15, 0.2) is 0 Å². The highest BCUT2D eigenvalue weighted by Gasteiger charge is 2.20. The van der Waals surface area contributed by atoms with Crippen LogP contribution in [0.5, 0.6) is 5.75 Å². The summed E-state index contributed by atoms with van der Waals surface area (Å²) in [6.07, 6.45) is 2.55. The van der Waals surface area contributed by atoms with Gasteiger partial charge in [-0.1, -0.05) is 18.2 Å². The molecule has 0 fully saturated rings. The van der Waals surface area contributed by atoms with Gasteiger partial charge in [-0.3, -0.25) is 4.79 Å². The van der Waals surface area contributed by atoms with Gasteiger partial charge >= 0.3 is 0 Å². The van der Waals surface area contributed by atoms with Crippen LogP contribution in [0.4, 0.5) is 5.82 Å². The molecule has 1 aliphatic rings. The molecule has 1 aromatic heterocycles. The number of amides is 1. The van der Waals surface area contributed by atoms with E-state index in [1.54, 1.807) is 25.4 Å². The number of nitrogens with zero attached hydrogens (tertiary/aromatic N) is 1. The van der Waals surface area contributed by atoms with Crippen LogP contribution in [0.2, 0.25) is 0 Å². The molecule has 5 nitrogen and oxygen atoms in total. The molecular weight excluding hydrogens is 278 g/mol. The second kappa shape index (κ2) is 6.47. The summed E-state index contributed by atoms with van der Waals surface area (Å²) in [5.74, 6) is 1.85. The van der Waals surface area contributed by atoms with E-state index < -0.39 is 0 Å². The van der Waals surface area contributed by atoms with Gasteiger partial charge in [-0.05, 0) is 30.2 Å². The molecule has 0 saturated heterocycles. The highest BCUT2D eigenvalue weighted by molar-refractivity contribution is 5.94. The van der Waals surface area contributed by atoms with Crippen molar-refractivity contribution < 1.29 is 9.53 Å². The van der Waals surface area contributed by atoms with Crippen molar-refractivity contribution in [1.29, 1.82) is 0 Å². The number of aromatic nitrogens is 1. The lowest BCUT2D eigenvalue weighted by atomic mass is 9.96. The molecule has 1 atom stereocenters. The lowest BCUT2D eigenvalue weighted by molar-refractivity contribution is 0.0939. The fourth-order valence-corrected chi connectivity index (χ4v) is 2.57. The van der Waals surface area contributed by atoms with E-state index in [-0.39, 0.29) is 5.91 Å². The Hall–Kier alpha value is -2.56. The number of benzene rings is 1. The zero-order chi connectivity index (χ0) is 15.4. The first-order chi connectivity index (χ1) is 10.8. The van der Waals surface area contributed by atoms with Crippen LogP contribution in [0.25, 0.3) is 0 Å². The topological polar surface area (TPSA) is 63.2 Å². The first kappa shape index (κ1) is 14.4. The molecule has 0 radical (unpaired) electrons. The molecule has 1 aliphatic heterocycles. The Kier molecular flexibility index (Phi) is 4.23. The maximum absolute atomic E-state index is 12.2. The molecule has 114 valence electrons. The summed E-state index contributed by atoms with van der Waals surface area (Å²) >= 11 is 0. The van der Waals surface area contributed by atoms with Crippen LogP contribution in [-0.2, 0) is 6.42 Å². The van der Waals surface area contributed by atoms with E-state index in [2.05, 4.69) is 21.7 Å². The van der Waals surface area contributed by atoms with E-state index >= 15 is 0 Å². The van der Waals surface area contributed by atoms with Gasteiger partial charge in [0.1, 0.15) is 11.6 Å². The fourth-order valence-electron chi connectivity index (χ4n) is 2.57. The number of carbonyl (C=O) groups excluding carboxylic acids is 1. The monoisotopic (exact) mass is 297 g/mol. The number of pyridine rings is 1. The maximum atomic E-state index is 12.2. The van der Waals surface area contributed by atoms with Gasteiger partial charge in [-0.15, -0.1) is 0 Å². The zero-order valence-electron chi connectivity index (χ0n) is 12.5. The lowest BCUT2D eigenvalue weighted by Crippen LogP contribution is -2.34. The van der Waals surface area contributed by atoms with Crippen LogP contribution in [0.3, 0.4) is 0 Å². The van der Waals surface area contributed by atoms with Crippen molar-refractivity contribution in [3.63, 3.8) is 0 Å². The van der Waals surface area contributed by atoms with Crippen molar-refractivity contribution in [2.75, 3.05) is 25.5 Å². The Morgan fingerprint density at radius 3 is 3.09 bits per heavy atom. The number of hydrogen-bond donors (Lipinski definition) is 2. The Labute approximate surface area is 129 Å². The van der Waals surface area contributed by atoms with E-state index in [9.17, 15) is 4.79 Å². The largest absolute Gasteiger partial charge is 0.493 e. The summed E-state index contributed by atoms with van der Waals surface area (Å²) in [6.45, 7) is 1.24. The van der Waals surface area contributed by atoms with Gasteiger partial charge in [0.05, 0.1) is 6.61 Å². The van der Waals surface area contributed by atoms with E-state index in [0.717, 1.165) is 12.2 Å². The zero-order valence-corrected chi connectivity index (χ0v) is 12.5. The summed E-state index contributed by atoms with van der Waals surface area (Å²) in [7, 11) is 1.78. The van der Waals surface area contributed by atoms with E-state index in [0.29, 0.717) is 30.5 Å². The third kappa shape index (κ3) is 3.19. The van der Waals surface area contributed by atoms with Gasteiger partial charge in [-0.25, -0.2) is 4.98 Å². The van der Waals surface area contributed by atoms with E-state index in [1.165, 1.54) is 5.56 Å². The van der Waals surface area contributed by atoms with Crippen molar-refractivity contribution in [3.05, 3.63) is 53.7 Å². The van der Waals surface area contributed by atoms with E-state index in [4.69, 9.17) is 4.74 Å². The Morgan fingerprint density at radius 2 is 2.23 bits per heavy atom. The number of nitrogens with one attached hydrogen (secondary N) is 2. The van der Waals surface area contributed by atoms with Crippen LogP contribution in [0.15, 0.2) is 42.6 Å². The van der Waals surface area contributed by atoms with Crippen molar-refractivity contribution >= 4 is 11.7 Å². The van der Waals surface area contributed by atoms with Crippen molar-refractivity contribution in [2.24, 2.45) is 5.92 Å². The molecule has 22 heavy (non-hydrogen) atoms. The minimum atomic E-state index is -0.0854. The third-order valence-electron chi connectivity index (χ3n) is 3.79. The molecule has 1 amide bonds. The smallest absolute Gasteiger partial charge is 0.251 e. The number of fused-ring (bicyclic) bond motifs is 1. The SMILES string of the molecule is CNc1cc(C(=O)NCC2COc3ccccc3C2)ccn1. The van der Waals surface area contributed by atoms with Crippen molar-refractivity contribution in [2.45, 2.75) is 6.42 Å². The normalized spacial score (nSPS) is 16.3. The summed E-state index contributed by atoms with van der Waals surface area (Å²) in [5, 5.41) is 5.90. The minimum absolute atomic E-state index is 0.0854. The van der Waals surface area contributed by atoms with Gasteiger partial charge < -0.3 is 15.4 Å². The Morgan fingerprint density at radius 1 is 1.36 bits per heavy atom. The first-order valence-electron chi connectivity index (χ1n) is 7.39.